The molecule has 0 bridgehead atoms. The zero-order valence-electron chi connectivity index (χ0n) is 10.5. The summed E-state index contributed by atoms with van der Waals surface area (Å²) in [6, 6.07) is 0.207. The number of sulfone groups is 1. The van der Waals surface area contributed by atoms with Gasteiger partial charge in [-0.25, -0.2) is 8.42 Å². The van der Waals surface area contributed by atoms with Crippen molar-refractivity contribution < 1.29 is 13.2 Å². The maximum Gasteiger partial charge on any atom is 0.224 e. The zero-order valence-corrected chi connectivity index (χ0v) is 11.3. The van der Waals surface area contributed by atoms with Crippen LogP contribution in [0.1, 0.15) is 26.2 Å². The van der Waals surface area contributed by atoms with Crippen molar-refractivity contribution in [1.29, 1.82) is 0 Å². The summed E-state index contributed by atoms with van der Waals surface area (Å²) >= 11 is 0. The number of hydrogen-bond acceptors (Lipinski definition) is 4. The van der Waals surface area contributed by atoms with Crippen LogP contribution in [-0.4, -0.2) is 45.5 Å². The molecule has 0 spiro atoms. The predicted molar refractivity (Wildman–Crippen MR) is 67.5 cm³/mol. The zero-order chi connectivity index (χ0) is 12.9. The summed E-state index contributed by atoms with van der Waals surface area (Å²) in [4.78, 5) is 11.8. The summed E-state index contributed by atoms with van der Waals surface area (Å²) in [6.07, 6.45) is 3.62. The molecular weight excluding hydrogens is 240 g/mol. The van der Waals surface area contributed by atoms with Gasteiger partial charge in [0.05, 0.1) is 11.7 Å². The van der Waals surface area contributed by atoms with Crippen LogP contribution < -0.4 is 10.6 Å². The first-order valence-electron chi connectivity index (χ1n) is 6.09. The first-order chi connectivity index (χ1) is 7.90. The van der Waals surface area contributed by atoms with Gasteiger partial charge in [0.1, 0.15) is 9.84 Å². The minimum Gasteiger partial charge on any atom is -0.356 e. The minimum atomic E-state index is -2.92. The van der Waals surface area contributed by atoms with E-state index in [1.165, 1.54) is 6.26 Å². The summed E-state index contributed by atoms with van der Waals surface area (Å²) in [6.45, 7) is 3.42. The second-order valence-electron chi connectivity index (χ2n) is 4.77. The quantitative estimate of drug-likeness (QED) is 0.680. The third kappa shape index (κ3) is 5.50. The van der Waals surface area contributed by atoms with Gasteiger partial charge in [0.25, 0.3) is 0 Å². The maximum absolute atomic E-state index is 11.8. The number of nitrogens with one attached hydrogen (secondary N) is 2. The van der Waals surface area contributed by atoms with E-state index in [1.54, 1.807) is 0 Å². The lowest BCUT2D eigenvalue weighted by Gasteiger charge is -2.28. The van der Waals surface area contributed by atoms with Gasteiger partial charge in [-0.1, -0.05) is 0 Å². The normalized spacial score (nSPS) is 25.5. The number of amides is 1. The lowest BCUT2D eigenvalue weighted by molar-refractivity contribution is -0.126. The molecular formula is C11H22N2O3S. The van der Waals surface area contributed by atoms with Gasteiger partial charge in [0.2, 0.25) is 5.91 Å². The molecule has 2 atom stereocenters. The van der Waals surface area contributed by atoms with Crippen LogP contribution in [0.4, 0.5) is 0 Å². The van der Waals surface area contributed by atoms with Crippen LogP contribution in [0.3, 0.4) is 0 Å². The number of piperidine rings is 1. The SMILES string of the molecule is CC1NCCCC1C(=O)NCCCS(C)(=O)=O. The van der Waals surface area contributed by atoms with E-state index in [-0.39, 0.29) is 23.6 Å². The number of rotatable bonds is 5. The van der Waals surface area contributed by atoms with Gasteiger partial charge in [-0.3, -0.25) is 4.79 Å². The predicted octanol–water partition coefficient (Wildman–Crippen LogP) is -0.0746. The molecule has 0 aromatic heterocycles. The molecule has 1 aliphatic heterocycles. The average molecular weight is 262 g/mol. The molecule has 0 saturated carbocycles. The summed E-state index contributed by atoms with van der Waals surface area (Å²) in [5.74, 6) is 0.186. The largest absolute Gasteiger partial charge is 0.356 e. The fourth-order valence-electron chi connectivity index (χ4n) is 2.08. The van der Waals surface area contributed by atoms with Crippen LogP contribution in [0.15, 0.2) is 0 Å². The molecule has 1 rings (SSSR count). The first-order valence-corrected chi connectivity index (χ1v) is 8.15. The lowest BCUT2D eigenvalue weighted by atomic mass is 9.91. The highest BCUT2D eigenvalue weighted by Gasteiger charge is 2.26. The number of hydrogen-bond donors (Lipinski definition) is 2. The number of carbonyl (C=O) groups excluding carboxylic acids is 1. The van der Waals surface area contributed by atoms with E-state index in [1.807, 2.05) is 6.92 Å². The van der Waals surface area contributed by atoms with Crippen molar-refractivity contribution in [3.63, 3.8) is 0 Å². The van der Waals surface area contributed by atoms with Gasteiger partial charge < -0.3 is 10.6 Å². The van der Waals surface area contributed by atoms with E-state index in [4.69, 9.17) is 0 Å². The Balaban J connectivity index is 2.24. The third-order valence-corrected chi connectivity index (χ3v) is 4.12. The molecule has 1 amide bonds. The summed E-state index contributed by atoms with van der Waals surface area (Å²) in [7, 11) is -2.92. The van der Waals surface area contributed by atoms with Crippen molar-refractivity contribution >= 4 is 15.7 Å². The minimum absolute atomic E-state index is 0.0157. The topological polar surface area (TPSA) is 75.3 Å². The highest BCUT2D eigenvalue weighted by atomic mass is 32.2. The van der Waals surface area contributed by atoms with Crippen molar-refractivity contribution in [1.82, 2.24) is 10.6 Å². The molecule has 2 unspecified atom stereocenters. The molecule has 1 aliphatic rings. The van der Waals surface area contributed by atoms with E-state index in [9.17, 15) is 13.2 Å². The Labute approximate surface area is 103 Å². The standard InChI is InChI=1S/C11H22N2O3S/c1-9-10(5-3-6-12-9)11(14)13-7-4-8-17(2,15)16/h9-10,12H,3-8H2,1-2H3,(H,13,14). The van der Waals surface area contributed by atoms with Gasteiger partial charge in [-0.2, -0.15) is 0 Å². The Morgan fingerprint density at radius 3 is 2.76 bits per heavy atom. The Morgan fingerprint density at radius 1 is 1.47 bits per heavy atom. The molecule has 6 heteroatoms. The smallest absolute Gasteiger partial charge is 0.224 e. The Hall–Kier alpha value is -0.620. The number of carbonyl (C=O) groups is 1. The van der Waals surface area contributed by atoms with Gasteiger partial charge >= 0.3 is 0 Å². The van der Waals surface area contributed by atoms with Crippen molar-refractivity contribution in [2.75, 3.05) is 25.1 Å². The van der Waals surface area contributed by atoms with E-state index in [2.05, 4.69) is 10.6 Å². The molecule has 100 valence electrons. The highest BCUT2D eigenvalue weighted by Crippen LogP contribution is 2.16. The van der Waals surface area contributed by atoms with Gasteiger partial charge in [0.15, 0.2) is 0 Å². The molecule has 1 saturated heterocycles. The van der Waals surface area contributed by atoms with Crippen molar-refractivity contribution in [3.8, 4) is 0 Å². The fourth-order valence-corrected chi connectivity index (χ4v) is 2.75. The average Bonchev–Trinajstić information content (AvgIpc) is 2.23. The van der Waals surface area contributed by atoms with Gasteiger partial charge in [-0.15, -0.1) is 0 Å². The van der Waals surface area contributed by atoms with Crippen molar-refractivity contribution in [3.05, 3.63) is 0 Å². The molecule has 2 N–H and O–H groups in total. The fraction of sp³-hybridized carbons (Fsp3) is 0.909. The summed E-state index contributed by atoms with van der Waals surface area (Å²) < 4.78 is 21.8. The molecule has 0 radical (unpaired) electrons. The molecule has 0 aromatic carbocycles. The molecule has 5 nitrogen and oxygen atoms in total. The summed E-state index contributed by atoms with van der Waals surface area (Å²) in [5.41, 5.74) is 0. The van der Waals surface area contributed by atoms with E-state index in [0.29, 0.717) is 13.0 Å². The van der Waals surface area contributed by atoms with E-state index < -0.39 is 9.84 Å². The van der Waals surface area contributed by atoms with Crippen LogP contribution in [0.25, 0.3) is 0 Å². The van der Waals surface area contributed by atoms with Crippen molar-refractivity contribution in [2.24, 2.45) is 5.92 Å². The molecule has 1 fully saturated rings. The molecule has 17 heavy (non-hydrogen) atoms. The first kappa shape index (κ1) is 14.4. The van der Waals surface area contributed by atoms with Crippen LogP contribution in [0.2, 0.25) is 0 Å². The maximum atomic E-state index is 11.8. The molecule has 0 aromatic rings. The monoisotopic (exact) mass is 262 g/mol. The van der Waals surface area contributed by atoms with Crippen LogP contribution >= 0.6 is 0 Å². The van der Waals surface area contributed by atoms with Crippen LogP contribution in [0, 0.1) is 5.92 Å². The third-order valence-electron chi connectivity index (χ3n) is 3.09. The Morgan fingerprint density at radius 2 is 2.18 bits per heavy atom. The lowest BCUT2D eigenvalue weighted by Crippen LogP contribution is -2.47. The second-order valence-corrected chi connectivity index (χ2v) is 7.03. The van der Waals surface area contributed by atoms with Gasteiger partial charge in [-0.05, 0) is 32.7 Å². The van der Waals surface area contributed by atoms with Gasteiger partial charge in [0, 0.05) is 18.8 Å². The summed E-state index contributed by atoms with van der Waals surface area (Å²) in [5, 5.41) is 6.08. The second kappa shape index (κ2) is 6.35. The van der Waals surface area contributed by atoms with Crippen LogP contribution in [-0.2, 0) is 14.6 Å². The van der Waals surface area contributed by atoms with Crippen LogP contribution in [0.5, 0.6) is 0 Å². The highest BCUT2D eigenvalue weighted by molar-refractivity contribution is 7.90. The Kier molecular flexibility index (Phi) is 5.39. The van der Waals surface area contributed by atoms with E-state index in [0.717, 1.165) is 19.4 Å². The molecule has 0 aliphatic carbocycles. The van der Waals surface area contributed by atoms with E-state index >= 15 is 0 Å². The molecule has 1 heterocycles. The van der Waals surface area contributed by atoms with Crippen molar-refractivity contribution in [2.45, 2.75) is 32.2 Å². The Bertz CT molecular complexity index is 354.